The monoisotopic (exact) mass is 479 g/mol. The van der Waals surface area contributed by atoms with Crippen LogP contribution in [0.2, 0.25) is 5.02 Å². The van der Waals surface area contributed by atoms with Crippen LogP contribution in [0, 0.1) is 28.9 Å². The van der Waals surface area contributed by atoms with E-state index in [0.717, 1.165) is 36.1 Å². The van der Waals surface area contributed by atoms with Crippen molar-refractivity contribution in [3.05, 3.63) is 87.9 Å². The first-order valence-electron chi connectivity index (χ1n) is 11.4. The lowest BCUT2D eigenvalue weighted by Gasteiger charge is -2.33. The van der Waals surface area contributed by atoms with E-state index in [1.165, 1.54) is 12.8 Å². The van der Waals surface area contributed by atoms with E-state index in [2.05, 4.69) is 16.7 Å². The normalized spacial score (nSPS) is 16.4. The maximum Gasteiger partial charge on any atom is 0.161 e. The van der Waals surface area contributed by atoms with Gasteiger partial charge in [-0.25, -0.2) is 8.78 Å². The van der Waals surface area contributed by atoms with Gasteiger partial charge in [0.2, 0.25) is 0 Å². The highest BCUT2D eigenvalue weighted by Gasteiger charge is 2.41. The average Bonchev–Trinajstić information content (AvgIpc) is 3.46. The first-order valence-corrected chi connectivity index (χ1v) is 11.8. The van der Waals surface area contributed by atoms with Gasteiger partial charge in [0.15, 0.2) is 11.6 Å². The molecule has 2 aliphatic rings. The van der Waals surface area contributed by atoms with Crippen LogP contribution in [0.4, 0.5) is 20.2 Å². The smallest absolute Gasteiger partial charge is 0.161 e. The Bertz CT molecular complexity index is 1240. The van der Waals surface area contributed by atoms with Gasteiger partial charge in [-0.05, 0) is 54.7 Å². The maximum absolute atomic E-state index is 14.1. The molecule has 34 heavy (non-hydrogen) atoms. The summed E-state index contributed by atoms with van der Waals surface area (Å²) < 4.78 is 34.4. The second-order valence-electron chi connectivity index (χ2n) is 9.06. The van der Waals surface area contributed by atoms with Crippen LogP contribution in [0.15, 0.2) is 54.6 Å². The topological polar surface area (TPSA) is 57.1 Å². The summed E-state index contributed by atoms with van der Waals surface area (Å²) in [6.45, 7) is 0.587. The average molecular weight is 480 g/mol. The number of hydrogen-bond donors (Lipinski definition) is 2. The number of ether oxygens (including phenoxy) is 1. The highest BCUT2D eigenvalue weighted by Crippen LogP contribution is 2.46. The molecule has 0 bridgehead atoms. The summed E-state index contributed by atoms with van der Waals surface area (Å²) in [5.74, 6) is -0.738. The molecule has 1 fully saturated rings. The Labute approximate surface area is 202 Å². The van der Waals surface area contributed by atoms with Gasteiger partial charge in [-0.3, -0.25) is 0 Å². The molecule has 1 saturated carbocycles. The zero-order chi connectivity index (χ0) is 23.7. The van der Waals surface area contributed by atoms with Crippen molar-refractivity contribution in [3.63, 3.8) is 0 Å². The van der Waals surface area contributed by atoms with Crippen molar-refractivity contribution < 1.29 is 13.5 Å². The fourth-order valence-electron chi connectivity index (χ4n) is 4.97. The fourth-order valence-corrected chi connectivity index (χ4v) is 5.13. The van der Waals surface area contributed by atoms with Crippen LogP contribution in [0.1, 0.15) is 42.4 Å². The van der Waals surface area contributed by atoms with Crippen LogP contribution in [0.25, 0.3) is 0 Å². The van der Waals surface area contributed by atoms with Gasteiger partial charge in [-0.2, -0.15) is 5.26 Å². The van der Waals surface area contributed by atoms with Crippen LogP contribution in [0.3, 0.4) is 0 Å². The Morgan fingerprint density at radius 2 is 1.71 bits per heavy atom. The third-order valence-corrected chi connectivity index (χ3v) is 6.87. The standard InChI is InChI=1S/C27H24ClF2N3O/c28-20-8-9-21(26(11-20)34-16-17-4-1-2-5-17)27(14-18-6-3-7-19(10-18)15-31)32-24-12-22(29)23(30)13-25(24)33-27/h3,6-13,17,32-33H,1-2,4-5,14,16H2. The number of nitrogens with zero attached hydrogens (tertiary/aromatic N) is 1. The van der Waals surface area contributed by atoms with E-state index >= 15 is 0 Å². The minimum absolute atomic E-state index is 0.391. The molecule has 1 aliphatic heterocycles. The minimum Gasteiger partial charge on any atom is -0.493 e. The van der Waals surface area contributed by atoms with Crippen LogP contribution in [-0.4, -0.2) is 6.61 Å². The summed E-state index contributed by atoms with van der Waals surface area (Å²) in [5, 5.41) is 16.7. The summed E-state index contributed by atoms with van der Waals surface area (Å²) in [7, 11) is 0. The second-order valence-corrected chi connectivity index (χ2v) is 9.49. The fraction of sp³-hybridized carbons (Fsp3) is 0.296. The van der Waals surface area contributed by atoms with Crippen LogP contribution in [0.5, 0.6) is 5.75 Å². The molecular weight excluding hydrogens is 456 g/mol. The van der Waals surface area contributed by atoms with Crippen LogP contribution in [-0.2, 0) is 12.1 Å². The Kier molecular flexibility index (Phi) is 6.05. The zero-order valence-corrected chi connectivity index (χ0v) is 19.3. The molecule has 0 unspecified atom stereocenters. The quantitative estimate of drug-likeness (QED) is 0.400. The zero-order valence-electron chi connectivity index (χ0n) is 18.5. The molecule has 7 heteroatoms. The SMILES string of the molecule is N#Cc1cccc(CC2(c3ccc(Cl)cc3OCC3CCCC3)Nc3cc(F)c(F)cc3N2)c1. The van der Waals surface area contributed by atoms with Crippen molar-refractivity contribution in [3.8, 4) is 11.8 Å². The van der Waals surface area contributed by atoms with Gasteiger partial charge in [0.05, 0.1) is 29.6 Å². The Hall–Kier alpha value is -3.30. The van der Waals surface area contributed by atoms with E-state index in [-0.39, 0.29) is 0 Å². The number of benzene rings is 3. The van der Waals surface area contributed by atoms with Gasteiger partial charge in [0.1, 0.15) is 11.4 Å². The molecule has 0 amide bonds. The summed E-state index contributed by atoms with van der Waals surface area (Å²) >= 11 is 6.34. The van der Waals surface area contributed by atoms with Crippen molar-refractivity contribution in [2.24, 2.45) is 5.92 Å². The van der Waals surface area contributed by atoms with Gasteiger partial charge < -0.3 is 15.4 Å². The van der Waals surface area contributed by atoms with E-state index in [1.807, 2.05) is 24.3 Å². The number of fused-ring (bicyclic) bond motifs is 1. The van der Waals surface area contributed by atoms with Crippen molar-refractivity contribution in [1.29, 1.82) is 5.26 Å². The first kappa shape index (κ1) is 22.5. The Morgan fingerprint density at radius 3 is 2.38 bits per heavy atom. The molecule has 174 valence electrons. The molecular formula is C27H24ClF2N3O. The first-order chi connectivity index (χ1) is 16.5. The lowest BCUT2D eigenvalue weighted by Crippen LogP contribution is -2.41. The van der Waals surface area contributed by atoms with Crippen molar-refractivity contribution in [2.75, 3.05) is 17.2 Å². The highest BCUT2D eigenvalue weighted by atomic mass is 35.5. The number of halogens is 3. The molecule has 0 atom stereocenters. The molecule has 0 radical (unpaired) electrons. The van der Waals surface area contributed by atoms with Gasteiger partial charge in [-0.1, -0.05) is 36.6 Å². The molecule has 0 aromatic heterocycles. The van der Waals surface area contributed by atoms with Gasteiger partial charge in [0, 0.05) is 29.1 Å². The van der Waals surface area contributed by atoms with Gasteiger partial charge in [-0.15, -0.1) is 0 Å². The molecule has 3 aromatic rings. The van der Waals surface area contributed by atoms with E-state index in [1.54, 1.807) is 18.2 Å². The van der Waals surface area contributed by atoms with Crippen molar-refractivity contribution >= 4 is 23.0 Å². The predicted molar refractivity (Wildman–Crippen MR) is 129 cm³/mol. The van der Waals surface area contributed by atoms with Gasteiger partial charge >= 0.3 is 0 Å². The molecule has 1 heterocycles. The van der Waals surface area contributed by atoms with Crippen molar-refractivity contribution in [2.45, 2.75) is 37.8 Å². The number of hydrogen-bond acceptors (Lipinski definition) is 4. The second kappa shape index (κ2) is 9.15. The number of anilines is 2. The predicted octanol–water partition coefficient (Wildman–Crippen LogP) is 6.99. The largest absolute Gasteiger partial charge is 0.493 e. The Balaban J connectivity index is 1.57. The highest BCUT2D eigenvalue weighted by molar-refractivity contribution is 6.30. The third-order valence-electron chi connectivity index (χ3n) is 6.63. The molecule has 0 saturated heterocycles. The summed E-state index contributed by atoms with van der Waals surface area (Å²) in [4.78, 5) is 0. The number of nitriles is 1. The minimum atomic E-state index is -0.966. The van der Waals surface area contributed by atoms with Crippen LogP contribution >= 0.6 is 11.6 Å². The summed E-state index contributed by atoms with van der Waals surface area (Å²) in [6.07, 6.45) is 5.10. The molecule has 4 nitrogen and oxygen atoms in total. The molecule has 2 N–H and O–H groups in total. The number of nitrogens with one attached hydrogen (secondary N) is 2. The van der Waals surface area contributed by atoms with E-state index in [4.69, 9.17) is 16.3 Å². The number of rotatable bonds is 6. The lowest BCUT2D eigenvalue weighted by molar-refractivity contribution is 0.247. The molecule has 3 aromatic carbocycles. The summed E-state index contributed by atoms with van der Waals surface area (Å²) in [6, 6.07) is 17.2. The van der Waals surface area contributed by atoms with E-state index < -0.39 is 17.3 Å². The third kappa shape index (κ3) is 4.41. The molecule has 1 aliphatic carbocycles. The van der Waals surface area contributed by atoms with Gasteiger partial charge in [0.25, 0.3) is 0 Å². The maximum atomic E-state index is 14.1. The molecule has 0 spiro atoms. The Morgan fingerprint density at radius 1 is 1.00 bits per heavy atom. The molecule has 5 rings (SSSR count). The van der Waals surface area contributed by atoms with Crippen molar-refractivity contribution in [1.82, 2.24) is 0 Å². The van der Waals surface area contributed by atoms with E-state index in [0.29, 0.717) is 46.7 Å². The summed E-state index contributed by atoms with van der Waals surface area (Å²) in [5.41, 5.74) is 2.12. The van der Waals surface area contributed by atoms with Crippen LogP contribution < -0.4 is 15.4 Å². The lowest BCUT2D eigenvalue weighted by atomic mass is 9.91. The van der Waals surface area contributed by atoms with E-state index in [9.17, 15) is 14.0 Å².